The highest BCUT2D eigenvalue weighted by Gasteiger charge is 2.70. The van der Waals surface area contributed by atoms with Gasteiger partial charge in [0.15, 0.2) is 9.84 Å². The van der Waals surface area contributed by atoms with E-state index in [4.69, 9.17) is 17.3 Å². The van der Waals surface area contributed by atoms with E-state index in [2.05, 4.69) is 6.92 Å². The van der Waals surface area contributed by atoms with Crippen molar-refractivity contribution in [3.63, 3.8) is 0 Å². The van der Waals surface area contributed by atoms with Crippen molar-refractivity contribution in [1.82, 2.24) is 0 Å². The third-order valence-corrected chi connectivity index (χ3v) is 7.87. The average molecular weight is 380 g/mol. The molecule has 6 heteroatoms. The van der Waals surface area contributed by atoms with Crippen LogP contribution in [-0.4, -0.2) is 31.9 Å². The van der Waals surface area contributed by atoms with Crippen LogP contribution in [0.15, 0.2) is 53.4 Å². The molecule has 1 saturated carbocycles. The minimum absolute atomic E-state index is 0.112. The molecule has 3 N–H and O–H groups in total. The van der Waals surface area contributed by atoms with Gasteiger partial charge >= 0.3 is 0 Å². The third-order valence-electron chi connectivity index (χ3n) is 5.28. The molecule has 2 aromatic rings. The Kier molecular flexibility index (Phi) is 4.95. The average Bonchev–Trinajstić information content (AvgIpc) is 3.33. The number of hydrogen-bond acceptors (Lipinski definition) is 4. The number of aryl methyl sites for hydroxylation is 1. The Bertz CT molecular complexity index is 843. The summed E-state index contributed by atoms with van der Waals surface area (Å²) in [4.78, 5) is 0.209. The van der Waals surface area contributed by atoms with E-state index < -0.39 is 20.5 Å². The molecular formula is C19H22ClNO3S. The van der Waals surface area contributed by atoms with Crippen molar-refractivity contribution >= 4 is 21.4 Å². The van der Waals surface area contributed by atoms with Gasteiger partial charge in [-0.1, -0.05) is 42.8 Å². The molecule has 1 fully saturated rings. The van der Waals surface area contributed by atoms with Crippen molar-refractivity contribution in [3.8, 4) is 0 Å². The van der Waals surface area contributed by atoms with Crippen LogP contribution in [0.1, 0.15) is 24.0 Å². The van der Waals surface area contributed by atoms with E-state index in [0.29, 0.717) is 5.02 Å². The van der Waals surface area contributed by atoms with Gasteiger partial charge in [-0.3, -0.25) is 0 Å². The van der Waals surface area contributed by atoms with Crippen molar-refractivity contribution in [2.24, 2.45) is 11.1 Å². The van der Waals surface area contributed by atoms with Crippen LogP contribution in [0, 0.1) is 5.41 Å². The Morgan fingerprint density at radius 1 is 1.12 bits per heavy atom. The van der Waals surface area contributed by atoms with E-state index >= 15 is 0 Å². The first-order valence-corrected chi connectivity index (χ1v) is 10.2. The predicted octanol–water partition coefficient (Wildman–Crippen LogP) is 2.78. The standard InChI is InChI=1S/C19H22ClNO3S/c1-2-13-3-5-14(6-4-13)17-18(19(17,11-21)12-22)25(23,24)16-9-7-15(20)8-10-16/h3-10,17-18,22H,2,11-12,21H2,1H3/t17-,18+,19-/m1/s1. The lowest BCUT2D eigenvalue weighted by Gasteiger charge is -2.12. The molecule has 0 heterocycles. The van der Waals surface area contributed by atoms with Gasteiger partial charge in [-0.05, 0) is 41.8 Å². The van der Waals surface area contributed by atoms with Gasteiger partial charge in [-0.2, -0.15) is 0 Å². The van der Waals surface area contributed by atoms with Gasteiger partial charge < -0.3 is 10.8 Å². The zero-order valence-corrected chi connectivity index (χ0v) is 15.6. The van der Waals surface area contributed by atoms with Crippen LogP contribution >= 0.6 is 11.6 Å². The molecule has 0 aromatic heterocycles. The first-order chi connectivity index (χ1) is 11.9. The maximum Gasteiger partial charge on any atom is 0.182 e. The van der Waals surface area contributed by atoms with Gasteiger partial charge in [-0.15, -0.1) is 0 Å². The summed E-state index contributed by atoms with van der Waals surface area (Å²) in [5.41, 5.74) is 7.15. The molecule has 1 aliphatic rings. The SMILES string of the molecule is CCc1ccc([C@@H]2[C@H](S(=O)(=O)c3ccc(Cl)cc3)[C@]2(CN)CO)cc1. The second kappa shape index (κ2) is 6.72. The summed E-state index contributed by atoms with van der Waals surface area (Å²) in [6, 6.07) is 14.0. The molecule has 0 unspecified atom stereocenters. The highest BCUT2D eigenvalue weighted by Crippen LogP contribution is 2.63. The van der Waals surface area contributed by atoms with E-state index in [0.717, 1.165) is 12.0 Å². The Labute approximate surface area is 153 Å². The van der Waals surface area contributed by atoms with E-state index in [1.54, 1.807) is 12.1 Å². The summed E-state index contributed by atoms with van der Waals surface area (Å²) in [6.07, 6.45) is 0.916. The smallest absolute Gasteiger partial charge is 0.182 e. The lowest BCUT2D eigenvalue weighted by atomic mass is 9.99. The highest BCUT2D eigenvalue weighted by molar-refractivity contribution is 7.92. The Morgan fingerprint density at radius 2 is 1.72 bits per heavy atom. The van der Waals surface area contributed by atoms with Crippen molar-refractivity contribution in [1.29, 1.82) is 0 Å². The fourth-order valence-corrected chi connectivity index (χ4v) is 6.25. The zero-order chi connectivity index (χ0) is 18.2. The van der Waals surface area contributed by atoms with E-state index in [1.165, 1.54) is 17.7 Å². The number of sulfone groups is 1. The largest absolute Gasteiger partial charge is 0.396 e. The summed E-state index contributed by atoms with van der Waals surface area (Å²) >= 11 is 5.87. The molecule has 4 nitrogen and oxygen atoms in total. The number of benzene rings is 2. The third kappa shape index (κ3) is 2.99. The summed E-state index contributed by atoms with van der Waals surface area (Å²) in [7, 11) is -3.63. The lowest BCUT2D eigenvalue weighted by molar-refractivity contribution is 0.212. The molecular weight excluding hydrogens is 358 g/mol. The minimum Gasteiger partial charge on any atom is -0.396 e. The zero-order valence-electron chi connectivity index (χ0n) is 14.0. The number of halogens is 1. The number of aliphatic hydroxyl groups excluding tert-OH is 1. The maximum absolute atomic E-state index is 13.1. The van der Waals surface area contributed by atoms with Gasteiger partial charge in [0, 0.05) is 22.9 Å². The Morgan fingerprint density at radius 3 is 2.20 bits per heavy atom. The molecule has 3 rings (SSSR count). The van der Waals surface area contributed by atoms with Crippen molar-refractivity contribution in [2.45, 2.75) is 29.4 Å². The molecule has 0 aliphatic heterocycles. The number of nitrogens with two attached hydrogens (primary N) is 1. The van der Waals surface area contributed by atoms with Crippen LogP contribution in [0.5, 0.6) is 0 Å². The van der Waals surface area contributed by atoms with Crippen LogP contribution in [0.2, 0.25) is 5.02 Å². The quantitative estimate of drug-likeness (QED) is 0.808. The fraction of sp³-hybridized carbons (Fsp3) is 0.368. The minimum atomic E-state index is -3.63. The van der Waals surface area contributed by atoms with E-state index in [9.17, 15) is 13.5 Å². The first-order valence-electron chi connectivity index (χ1n) is 8.30. The van der Waals surface area contributed by atoms with Crippen molar-refractivity contribution in [3.05, 3.63) is 64.7 Å². The Balaban J connectivity index is 2.02. The molecule has 1 aliphatic carbocycles. The number of rotatable bonds is 6. The van der Waals surface area contributed by atoms with Gasteiger partial charge in [0.1, 0.15) is 0 Å². The summed E-state index contributed by atoms with van der Waals surface area (Å²) in [5.74, 6) is -0.311. The van der Waals surface area contributed by atoms with Crippen LogP contribution in [0.25, 0.3) is 0 Å². The summed E-state index contributed by atoms with van der Waals surface area (Å²) in [5, 5.41) is 9.70. The molecule has 0 saturated heterocycles. The first kappa shape index (κ1) is 18.4. The molecule has 0 spiro atoms. The normalized spacial score (nSPS) is 25.8. The van der Waals surface area contributed by atoms with Gasteiger partial charge in [0.05, 0.1) is 16.8 Å². The maximum atomic E-state index is 13.1. The molecule has 25 heavy (non-hydrogen) atoms. The highest BCUT2D eigenvalue weighted by atomic mass is 35.5. The second-order valence-electron chi connectivity index (χ2n) is 6.59. The fourth-order valence-electron chi connectivity index (χ4n) is 3.68. The summed E-state index contributed by atoms with van der Waals surface area (Å²) < 4.78 is 26.3. The van der Waals surface area contributed by atoms with Crippen LogP contribution < -0.4 is 5.73 Å². The Hall–Kier alpha value is -1.40. The predicted molar refractivity (Wildman–Crippen MR) is 99.6 cm³/mol. The monoisotopic (exact) mass is 379 g/mol. The number of aliphatic hydroxyl groups is 1. The van der Waals surface area contributed by atoms with Crippen molar-refractivity contribution < 1.29 is 13.5 Å². The number of hydrogen-bond donors (Lipinski definition) is 2. The van der Waals surface area contributed by atoms with Crippen LogP contribution in [0.4, 0.5) is 0 Å². The molecule has 2 aromatic carbocycles. The van der Waals surface area contributed by atoms with Crippen LogP contribution in [0.3, 0.4) is 0 Å². The van der Waals surface area contributed by atoms with Gasteiger partial charge in [0.25, 0.3) is 0 Å². The molecule has 0 radical (unpaired) electrons. The summed E-state index contributed by atoms with van der Waals surface area (Å²) in [6.45, 7) is 1.92. The van der Waals surface area contributed by atoms with Crippen molar-refractivity contribution in [2.75, 3.05) is 13.2 Å². The molecule has 0 bridgehead atoms. The van der Waals surface area contributed by atoms with E-state index in [1.807, 2.05) is 24.3 Å². The molecule has 0 amide bonds. The van der Waals surface area contributed by atoms with Gasteiger partial charge in [0.2, 0.25) is 0 Å². The molecule has 3 atom stereocenters. The lowest BCUT2D eigenvalue weighted by Crippen LogP contribution is -2.27. The van der Waals surface area contributed by atoms with Gasteiger partial charge in [-0.25, -0.2) is 8.42 Å². The molecule has 134 valence electrons. The van der Waals surface area contributed by atoms with E-state index in [-0.39, 0.29) is 24.0 Å². The topological polar surface area (TPSA) is 80.4 Å². The van der Waals surface area contributed by atoms with Crippen LogP contribution in [-0.2, 0) is 16.3 Å². The second-order valence-corrected chi connectivity index (χ2v) is 9.09.